The molecule has 4 heteroatoms. The van der Waals surface area contributed by atoms with Crippen LogP contribution in [0.3, 0.4) is 0 Å². The van der Waals surface area contributed by atoms with E-state index < -0.39 is 0 Å². The van der Waals surface area contributed by atoms with E-state index in [-0.39, 0.29) is 18.6 Å². The van der Waals surface area contributed by atoms with Crippen LogP contribution in [0.25, 0.3) is 0 Å². The van der Waals surface area contributed by atoms with Crippen LogP contribution in [0.2, 0.25) is 0 Å². The van der Waals surface area contributed by atoms with Crippen molar-refractivity contribution in [3.8, 4) is 5.75 Å². The standard InChI is InChI=1S/C20H25NO3/c1-4-24-20(22)15-21(14-17-9-6-5-7-10-17)16(2)18-11-8-12-19(13-18)23-3/h5-13,16H,4,14-15H2,1-3H3. The number of rotatable bonds is 8. The monoisotopic (exact) mass is 327 g/mol. The average molecular weight is 327 g/mol. The minimum Gasteiger partial charge on any atom is -0.497 e. The van der Waals surface area contributed by atoms with Crippen molar-refractivity contribution in [3.05, 3.63) is 65.7 Å². The maximum absolute atomic E-state index is 12.0. The van der Waals surface area contributed by atoms with E-state index >= 15 is 0 Å². The lowest BCUT2D eigenvalue weighted by Gasteiger charge is -2.29. The number of hydrogen-bond acceptors (Lipinski definition) is 4. The van der Waals surface area contributed by atoms with Gasteiger partial charge in [-0.05, 0) is 37.1 Å². The summed E-state index contributed by atoms with van der Waals surface area (Å²) >= 11 is 0. The Morgan fingerprint density at radius 1 is 1.12 bits per heavy atom. The molecule has 1 unspecified atom stereocenters. The van der Waals surface area contributed by atoms with Crippen LogP contribution in [0.15, 0.2) is 54.6 Å². The number of nitrogens with zero attached hydrogens (tertiary/aromatic N) is 1. The maximum Gasteiger partial charge on any atom is 0.320 e. The molecule has 0 aromatic heterocycles. The van der Waals surface area contributed by atoms with E-state index in [0.29, 0.717) is 13.2 Å². The molecular formula is C20H25NO3. The second-order valence-corrected chi connectivity index (χ2v) is 5.65. The Morgan fingerprint density at radius 3 is 2.54 bits per heavy atom. The summed E-state index contributed by atoms with van der Waals surface area (Å²) in [7, 11) is 1.66. The molecule has 0 aliphatic rings. The number of ether oxygens (including phenoxy) is 2. The molecule has 0 saturated heterocycles. The third-order valence-corrected chi connectivity index (χ3v) is 3.99. The van der Waals surface area contributed by atoms with Gasteiger partial charge in [-0.15, -0.1) is 0 Å². The Morgan fingerprint density at radius 2 is 1.88 bits per heavy atom. The fourth-order valence-electron chi connectivity index (χ4n) is 2.63. The largest absolute Gasteiger partial charge is 0.497 e. The normalized spacial score (nSPS) is 12.0. The second kappa shape index (κ2) is 9.08. The number of carbonyl (C=O) groups is 1. The van der Waals surface area contributed by atoms with Gasteiger partial charge in [-0.25, -0.2) is 0 Å². The smallest absolute Gasteiger partial charge is 0.320 e. The van der Waals surface area contributed by atoms with Gasteiger partial charge in [0.25, 0.3) is 0 Å². The zero-order valence-electron chi connectivity index (χ0n) is 14.6. The van der Waals surface area contributed by atoms with Crippen molar-refractivity contribution in [2.24, 2.45) is 0 Å². The van der Waals surface area contributed by atoms with Crippen LogP contribution in [0, 0.1) is 0 Å². The Kier molecular flexibility index (Phi) is 6.82. The van der Waals surface area contributed by atoms with Gasteiger partial charge in [0.2, 0.25) is 0 Å². The zero-order valence-corrected chi connectivity index (χ0v) is 14.6. The van der Waals surface area contributed by atoms with Crippen molar-refractivity contribution < 1.29 is 14.3 Å². The van der Waals surface area contributed by atoms with Crippen LogP contribution in [-0.2, 0) is 16.1 Å². The molecular weight excluding hydrogens is 302 g/mol. The molecule has 0 bridgehead atoms. The average Bonchev–Trinajstić information content (AvgIpc) is 2.61. The molecule has 1 atom stereocenters. The first kappa shape index (κ1) is 18.0. The molecule has 0 saturated carbocycles. The molecule has 0 radical (unpaired) electrons. The van der Waals surface area contributed by atoms with Gasteiger partial charge in [0.15, 0.2) is 0 Å². The summed E-state index contributed by atoms with van der Waals surface area (Å²) < 4.78 is 10.4. The molecule has 0 aliphatic heterocycles. The summed E-state index contributed by atoms with van der Waals surface area (Å²) in [6.45, 7) is 5.24. The lowest BCUT2D eigenvalue weighted by atomic mass is 10.1. The first-order valence-electron chi connectivity index (χ1n) is 8.21. The van der Waals surface area contributed by atoms with Crippen LogP contribution in [0.5, 0.6) is 5.75 Å². The summed E-state index contributed by atoms with van der Waals surface area (Å²) in [6.07, 6.45) is 0. The van der Waals surface area contributed by atoms with Crippen molar-refractivity contribution in [2.45, 2.75) is 26.4 Å². The molecule has 0 aliphatic carbocycles. The van der Waals surface area contributed by atoms with Gasteiger partial charge in [0, 0.05) is 12.6 Å². The summed E-state index contributed by atoms with van der Waals surface area (Å²) in [6, 6.07) is 18.1. The fraction of sp³-hybridized carbons (Fsp3) is 0.350. The quantitative estimate of drug-likeness (QED) is 0.691. The molecule has 24 heavy (non-hydrogen) atoms. The number of benzene rings is 2. The SMILES string of the molecule is CCOC(=O)CN(Cc1ccccc1)C(C)c1cccc(OC)c1. The van der Waals surface area contributed by atoms with Crippen molar-refractivity contribution in [1.82, 2.24) is 4.90 Å². The van der Waals surface area contributed by atoms with E-state index in [9.17, 15) is 4.79 Å². The molecule has 2 rings (SSSR count). The second-order valence-electron chi connectivity index (χ2n) is 5.65. The highest BCUT2D eigenvalue weighted by Gasteiger charge is 2.20. The number of carbonyl (C=O) groups excluding carboxylic acids is 1. The number of methoxy groups -OCH3 is 1. The number of hydrogen-bond donors (Lipinski definition) is 0. The Labute approximate surface area is 144 Å². The third-order valence-electron chi connectivity index (χ3n) is 3.99. The van der Waals surface area contributed by atoms with Gasteiger partial charge in [0.1, 0.15) is 5.75 Å². The van der Waals surface area contributed by atoms with Crippen LogP contribution in [-0.4, -0.2) is 31.1 Å². The van der Waals surface area contributed by atoms with E-state index in [1.165, 1.54) is 0 Å². The van der Waals surface area contributed by atoms with Gasteiger partial charge in [-0.2, -0.15) is 0 Å². The molecule has 0 amide bonds. The van der Waals surface area contributed by atoms with Crippen molar-refractivity contribution in [2.75, 3.05) is 20.3 Å². The van der Waals surface area contributed by atoms with Gasteiger partial charge in [-0.3, -0.25) is 9.69 Å². The van der Waals surface area contributed by atoms with Gasteiger partial charge in [-0.1, -0.05) is 42.5 Å². The molecule has 0 N–H and O–H groups in total. The molecule has 0 fully saturated rings. The molecule has 0 spiro atoms. The van der Waals surface area contributed by atoms with Crippen LogP contribution in [0.4, 0.5) is 0 Å². The van der Waals surface area contributed by atoms with Crippen LogP contribution in [0.1, 0.15) is 31.0 Å². The summed E-state index contributed by atoms with van der Waals surface area (Å²) in [4.78, 5) is 14.1. The van der Waals surface area contributed by atoms with Crippen molar-refractivity contribution >= 4 is 5.97 Å². The topological polar surface area (TPSA) is 38.8 Å². The Hall–Kier alpha value is -2.33. The molecule has 2 aromatic carbocycles. The van der Waals surface area contributed by atoms with Gasteiger partial charge >= 0.3 is 5.97 Å². The third kappa shape index (κ3) is 5.10. The highest BCUT2D eigenvalue weighted by atomic mass is 16.5. The first-order chi connectivity index (χ1) is 11.6. The lowest BCUT2D eigenvalue weighted by Crippen LogP contribution is -2.33. The predicted octanol–water partition coefficient (Wildman–Crippen LogP) is 3.82. The number of esters is 1. The summed E-state index contributed by atoms with van der Waals surface area (Å²) in [5, 5.41) is 0. The fourth-order valence-corrected chi connectivity index (χ4v) is 2.63. The van der Waals surface area contributed by atoms with E-state index in [4.69, 9.17) is 9.47 Å². The highest BCUT2D eigenvalue weighted by molar-refractivity contribution is 5.71. The lowest BCUT2D eigenvalue weighted by molar-refractivity contribution is -0.145. The Balaban J connectivity index is 2.20. The van der Waals surface area contributed by atoms with E-state index in [1.807, 2.05) is 43.3 Å². The molecule has 2 aromatic rings. The van der Waals surface area contributed by atoms with Crippen molar-refractivity contribution in [1.29, 1.82) is 0 Å². The van der Waals surface area contributed by atoms with E-state index in [0.717, 1.165) is 16.9 Å². The minimum absolute atomic E-state index is 0.0599. The Bertz CT molecular complexity index is 642. The van der Waals surface area contributed by atoms with Gasteiger partial charge < -0.3 is 9.47 Å². The zero-order chi connectivity index (χ0) is 17.4. The van der Waals surface area contributed by atoms with E-state index in [1.54, 1.807) is 7.11 Å². The van der Waals surface area contributed by atoms with Crippen LogP contribution < -0.4 is 4.74 Å². The first-order valence-corrected chi connectivity index (χ1v) is 8.21. The minimum atomic E-state index is -0.205. The molecule has 0 heterocycles. The van der Waals surface area contributed by atoms with Crippen LogP contribution >= 0.6 is 0 Å². The molecule has 4 nitrogen and oxygen atoms in total. The van der Waals surface area contributed by atoms with Crippen molar-refractivity contribution in [3.63, 3.8) is 0 Å². The summed E-state index contributed by atoms with van der Waals surface area (Å²) in [5.41, 5.74) is 2.27. The predicted molar refractivity (Wildman–Crippen MR) is 94.9 cm³/mol. The summed E-state index contributed by atoms with van der Waals surface area (Å²) in [5.74, 6) is 0.610. The van der Waals surface area contributed by atoms with E-state index in [2.05, 4.69) is 30.0 Å². The van der Waals surface area contributed by atoms with Gasteiger partial charge in [0.05, 0.1) is 20.3 Å². The molecule has 128 valence electrons. The maximum atomic E-state index is 12.0. The highest BCUT2D eigenvalue weighted by Crippen LogP contribution is 2.25.